The highest BCUT2D eigenvalue weighted by Gasteiger charge is 1.92. The first-order valence-corrected chi connectivity index (χ1v) is 7.61. The first kappa shape index (κ1) is 11.6. The predicted octanol–water partition coefficient (Wildman–Crippen LogP) is 2.67. The van der Waals surface area contributed by atoms with Crippen LogP contribution in [-0.4, -0.2) is 22.0 Å². The Labute approximate surface area is 79.3 Å². The van der Waals surface area contributed by atoms with Gasteiger partial charge in [0, 0.05) is 22.3 Å². The van der Waals surface area contributed by atoms with E-state index in [0.717, 1.165) is 12.2 Å². The molecule has 0 radical (unpaired) electrons. The fourth-order valence-electron chi connectivity index (χ4n) is 0.552. The van der Waals surface area contributed by atoms with Crippen LogP contribution in [0.4, 0.5) is 0 Å². The van der Waals surface area contributed by atoms with Crippen LogP contribution >= 0.6 is 21.6 Å². The highest BCUT2D eigenvalue weighted by molar-refractivity contribution is 8.77. The third-order valence-electron chi connectivity index (χ3n) is 0.962. The lowest BCUT2D eigenvalue weighted by molar-refractivity contribution is 0.684. The molecule has 11 heavy (non-hydrogen) atoms. The van der Waals surface area contributed by atoms with Crippen molar-refractivity contribution in [3.8, 4) is 0 Å². The molecule has 0 aromatic carbocycles. The molecule has 1 unspecified atom stereocenters. The van der Waals surface area contributed by atoms with Gasteiger partial charge in [-0.25, -0.2) is 0 Å². The molecule has 0 aliphatic rings. The quantitative estimate of drug-likeness (QED) is 0.627. The molecule has 0 aromatic rings. The van der Waals surface area contributed by atoms with Gasteiger partial charge in [0.2, 0.25) is 0 Å². The lowest BCUT2D eigenvalue weighted by atomic mass is 10.6. The monoisotopic (exact) mass is 210 g/mol. The summed E-state index contributed by atoms with van der Waals surface area (Å²) < 4.78 is 11.1. The zero-order valence-corrected chi connectivity index (χ0v) is 9.36. The Hall–Kier alpha value is 0.590. The van der Waals surface area contributed by atoms with Crippen LogP contribution in [0.5, 0.6) is 0 Å². The fourth-order valence-corrected chi connectivity index (χ4v) is 2.46. The molecule has 0 aromatic heterocycles. The van der Waals surface area contributed by atoms with E-state index in [1.807, 2.05) is 17.7 Å². The van der Waals surface area contributed by atoms with Crippen LogP contribution in [0.3, 0.4) is 0 Å². The summed E-state index contributed by atoms with van der Waals surface area (Å²) in [5.41, 5.74) is 0. The van der Waals surface area contributed by atoms with Gasteiger partial charge in [-0.3, -0.25) is 4.21 Å². The standard InChI is InChI=1S/C7H14OS3/c1-3-6-11(8)7-4-5-10-9-2/h4-5H,3,6-7H2,1-2H3/b5-4+. The van der Waals surface area contributed by atoms with E-state index in [-0.39, 0.29) is 0 Å². The highest BCUT2D eigenvalue weighted by Crippen LogP contribution is 2.17. The molecule has 0 bridgehead atoms. The Morgan fingerprint density at radius 3 is 2.82 bits per heavy atom. The Morgan fingerprint density at radius 1 is 1.55 bits per heavy atom. The van der Waals surface area contributed by atoms with Crippen LogP contribution in [0.2, 0.25) is 0 Å². The van der Waals surface area contributed by atoms with Gasteiger partial charge in [0.15, 0.2) is 0 Å². The van der Waals surface area contributed by atoms with Crippen molar-refractivity contribution >= 4 is 32.4 Å². The number of rotatable bonds is 6. The molecule has 66 valence electrons. The fraction of sp³-hybridized carbons (Fsp3) is 0.714. The van der Waals surface area contributed by atoms with Gasteiger partial charge in [-0.1, -0.05) is 34.6 Å². The maximum absolute atomic E-state index is 11.1. The summed E-state index contributed by atoms with van der Waals surface area (Å²) in [5, 5.41) is 2.00. The van der Waals surface area contributed by atoms with Crippen molar-refractivity contribution < 1.29 is 4.21 Å². The number of hydrogen-bond donors (Lipinski definition) is 0. The van der Waals surface area contributed by atoms with Crippen molar-refractivity contribution in [2.24, 2.45) is 0 Å². The van der Waals surface area contributed by atoms with Crippen LogP contribution in [0, 0.1) is 0 Å². The molecular formula is C7H14OS3. The second kappa shape index (κ2) is 8.68. The summed E-state index contributed by atoms with van der Waals surface area (Å²) in [5.74, 6) is 1.54. The summed E-state index contributed by atoms with van der Waals surface area (Å²) in [6.07, 6.45) is 5.01. The molecule has 0 amide bonds. The lowest BCUT2D eigenvalue weighted by Crippen LogP contribution is -1.98. The van der Waals surface area contributed by atoms with Crippen molar-refractivity contribution in [2.75, 3.05) is 17.8 Å². The smallest absolute Gasteiger partial charge is 0.0423 e. The van der Waals surface area contributed by atoms with Gasteiger partial charge in [0.25, 0.3) is 0 Å². The molecule has 0 spiro atoms. The zero-order valence-electron chi connectivity index (χ0n) is 6.91. The summed E-state index contributed by atoms with van der Waals surface area (Å²) >= 11 is 0. The van der Waals surface area contributed by atoms with E-state index in [1.54, 1.807) is 21.6 Å². The van der Waals surface area contributed by atoms with Gasteiger partial charge >= 0.3 is 0 Å². The average molecular weight is 210 g/mol. The molecule has 1 nitrogen and oxygen atoms in total. The van der Waals surface area contributed by atoms with Gasteiger partial charge in [-0.05, 0) is 18.1 Å². The van der Waals surface area contributed by atoms with E-state index in [4.69, 9.17) is 0 Å². The van der Waals surface area contributed by atoms with Crippen molar-refractivity contribution in [1.82, 2.24) is 0 Å². The first-order chi connectivity index (χ1) is 5.31. The van der Waals surface area contributed by atoms with E-state index >= 15 is 0 Å². The SMILES string of the molecule is CCCS(=O)C/C=C/SSC. The molecule has 4 heteroatoms. The first-order valence-electron chi connectivity index (χ1n) is 3.50. The molecule has 1 atom stereocenters. The van der Waals surface area contributed by atoms with Gasteiger partial charge in [0.1, 0.15) is 0 Å². The Bertz CT molecular complexity index is 134. The topological polar surface area (TPSA) is 17.1 Å². The van der Waals surface area contributed by atoms with Crippen molar-refractivity contribution in [3.63, 3.8) is 0 Å². The van der Waals surface area contributed by atoms with Gasteiger partial charge in [0.05, 0.1) is 0 Å². The van der Waals surface area contributed by atoms with E-state index in [1.165, 1.54) is 0 Å². The van der Waals surface area contributed by atoms with Crippen molar-refractivity contribution in [3.05, 3.63) is 11.5 Å². The molecule has 0 aliphatic heterocycles. The van der Waals surface area contributed by atoms with Crippen molar-refractivity contribution in [1.29, 1.82) is 0 Å². The minimum absolute atomic E-state index is 0.633. The predicted molar refractivity (Wildman–Crippen MR) is 58.4 cm³/mol. The second-order valence-corrected chi connectivity index (χ2v) is 5.94. The minimum atomic E-state index is -0.633. The summed E-state index contributed by atoms with van der Waals surface area (Å²) in [4.78, 5) is 0. The Morgan fingerprint density at radius 2 is 2.27 bits per heavy atom. The van der Waals surface area contributed by atoms with Crippen LogP contribution in [0.15, 0.2) is 11.5 Å². The largest absolute Gasteiger partial charge is 0.259 e. The van der Waals surface area contributed by atoms with E-state index in [9.17, 15) is 4.21 Å². The van der Waals surface area contributed by atoms with Gasteiger partial charge in [-0.15, -0.1) is 0 Å². The summed E-state index contributed by atoms with van der Waals surface area (Å²) in [6, 6.07) is 0. The van der Waals surface area contributed by atoms with Crippen LogP contribution in [0.1, 0.15) is 13.3 Å². The van der Waals surface area contributed by atoms with Crippen LogP contribution in [0.25, 0.3) is 0 Å². The Kier molecular flexibility index (Phi) is 9.15. The lowest BCUT2D eigenvalue weighted by Gasteiger charge is -1.92. The van der Waals surface area contributed by atoms with Crippen LogP contribution < -0.4 is 0 Å². The summed E-state index contributed by atoms with van der Waals surface area (Å²) in [6.45, 7) is 2.05. The molecule has 0 N–H and O–H groups in total. The third-order valence-corrected chi connectivity index (χ3v) is 3.80. The molecule has 0 saturated heterocycles. The van der Waals surface area contributed by atoms with Crippen molar-refractivity contribution in [2.45, 2.75) is 13.3 Å². The highest BCUT2D eigenvalue weighted by atomic mass is 33.1. The maximum atomic E-state index is 11.1. The molecule has 0 heterocycles. The number of hydrogen-bond acceptors (Lipinski definition) is 3. The second-order valence-electron chi connectivity index (χ2n) is 1.95. The maximum Gasteiger partial charge on any atom is 0.0423 e. The molecule has 0 fully saturated rings. The molecule has 0 saturated carbocycles. The van der Waals surface area contributed by atoms with Gasteiger partial charge in [-0.2, -0.15) is 0 Å². The van der Waals surface area contributed by atoms with Gasteiger partial charge < -0.3 is 0 Å². The third kappa shape index (κ3) is 8.50. The van der Waals surface area contributed by atoms with E-state index < -0.39 is 10.8 Å². The van der Waals surface area contributed by atoms with E-state index in [0.29, 0.717) is 5.75 Å². The molecule has 0 aliphatic carbocycles. The van der Waals surface area contributed by atoms with E-state index in [2.05, 4.69) is 6.92 Å². The Balaban J connectivity index is 3.29. The molecule has 0 rings (SSSR count). The normalized spacial score (nSPS) is 14.0. The average Bonchev–Trinajstić information content (AvgIpc) is 1.99. The minimum Gasteiger partial charge on any atom is -0.259 e. The van der Waals surface area contributed by atoms with Crippen LogP contribution in [-0.2, 0) is 10.8 Å². The zero-order chi connectivity index (χ0) is 8.53. The molecular weight excluding hydrogens is 196 g/mol. The summed E-state index contributed by atoms with van der Waals surface area (Å²) in [7, 11) is 2.73.